The minimum absolute atomic E-state index is 0.0193. The zero-order chi connectivity index (χ0) is 13.1. The molecule has 1 fully saturated rings. The van der Waals surface area contributed by atoms with Gasteiger partial charge in [0.05, 0.1) is 13.2 Å². The van der Waals surface area contributed by atoms with Crippen LogP contribution in [-0.2, 0) is 4.79 Å². The molecule has 0 radical (unpaired) electrons. The third-order valence-corrected chi connectivity index (χ3v) is 3.69. The number of ether oxygens (including phenoxy) is 1. The van der Waals surface area contributed by atoms with Gasteiger partial charge in [-0.2, -0.15) is 0 Å². The van der Waals surface area contributed by atoms with E-state index >= 15 is 0 Å². The van der Waals surface area contributed by atoms with Gasteiger partial charge in [0, 0.05) is 12.3 Å². The van der Waals surface area contributed by atoms with E-state index in [1.165, 1.54) is 0 Å². The summed E-state index contributed by atoms with van der Waals surface area (Å²) in [5, 5.41) is 18.9. The molecule has 2 N–H and O–H groups in total. The highest BCUT2D eigenvalue weighted by Crippen LogP contribution is 2.42. The molecule has 1 saturated carbocycles. The van der Waals surface area contributed by atoms with E-state index in [0.717, 1.165) is 17.7 Å². The average molecular weight is 250 g/mol. The van der Waals surface area contributed by atoms with Gasteiger partial charge in [-0.3, -0.25) is 4.79 Å². The summed E-state index contributed by atoms with van der Waals surface area (Å²) >= 11 is 0. The monoisotopic (exact) mass is 250 g/mol. The van der Waals surface area contributed by atoms with Crippen LogP contribution in [0.4, 0.5) is 0 Å². The van der Waals surface area contributed by atoms with Crippen LogP contribution >= 0.6 is 0 Å². The van der Waals surface area contributed by atoms with E-state index in [4.69, 9.17) is 9.84 Å². The van der Waals surface area contributed by atoms with Gasteiger partial charge in [-0.1, -0.05) is 12.1 Å². The maximum atomic E-state index is 10.8. The van der Waals surface area contributed by atoms with Crippen molar-refractivity contribution >= 4 is 5.97 Å². The highest BCUT2D eigenvalue weighted by atomic mass is 16.5. The van der Waals surface area contributed by atoms with Gasteiger partial charge < -0.3 is 14.9 Å². The smallest absolute Gasteiger partial charge is 0.303 e. The quantitative estimate of drug-likeness (QED) is 0.858. The van der Waals surface area contributed by atoms with Crippen molar-refractivity contribution in [3.05, 3.63) is 29.8 Å². The van der Waals surface area contributed by atoms with Crippen LogP contribution in [0.1, 0.15) is 30.7 Å². The molecule has 0 spiro atoms. The van der Waals surface area contributed by atoms with Crippen molar-refractivity contribution in [2.45, 2.75) is 31.3 Å². The van der Waals surface area contributed by atoms with Crippen LogP contribution < -0.4 is 4.74 Å². The molecule has 4 heteroatoms. The number of benzene rings is 1. The fourth-order valence-electron chi connectivity index (χ4n) is 2.83. The summed E-state index contributed by atoms with van der Waals surface area (Å²) in [6, 6.07) is 7.51. The van der Waals surface area contributed by atoms with Crippen molar-refractivity contribution in [3.63, 3.8) is 0 Å². The van der Waals surface area contributed by atoms with Gasteiger partial charge in [0.1, 0.15) is 5.75 Å². The Balaban J connectivity index is 2.19. The predicted octanol–water partition coefficient (Wildman–Crippen LogP) is 2.02. The van der Waals surface area contributed by atoms with Crippen LogP contribution in [-0.4, -0.2) is 29.4 Å². The van der Waals surface area contributed by atoms with E-state index in [2.05, 4.69) is 0 Å². The first-order valence-electron chi connectivity index (χ1n) is 6.15. The molecule has 0 aromatic heterocycles. The highest BCUT2D eigenvalue weighted by molar-refractivity contribution is 5.67. The molecule has 18 heavy (non-hydrogen) atoms. The number of hydrogen-bond acceptors (Lipinski definition) is 3. The molecule has 0 bridgehead atoms. The Kier molecular flexibility index (Phi) is 3.87. The predicted molar refractivity (Wildman–Crippen MR) is 66.7 cm³/mol. The Morgan fingerprint density at radius 2 is 2.00 bits per heavy atom. The Labute approximate surface area is 106 Å². The van der Waals surface area contributed by atoms with Gasteiger partial charge in [0.25, 0.3) is 0 Å². The summed E-state index contributed by atoms with van der Waals surface area (Å²) in [6.45, 7) is 0. The molecule has 0 heterocycles. The number of rotatable bonds is 4. The van der Waals surface area contributed by atoms with Crippen molar-refractivity contribution in [3.8, 4) is 5.75 Å². The molecule has 3 atom stereocenters. The summed E-state index contributed by atoms with van der Waals surface area (Å²) in [4.78, 5) is 10.8. The summed E-state index contributed by atoms with van der Waals surface area (Å²) in [7, 11) is 1.60. The van der Waals surface area contributed by atoms with Crippen LogP contribution in [0.15, 0.2) is 24.3 Å². The number of methoxy groups -OCH3 is 1. The van der Waals surface area contributed by atoms with E-state index in [-0.39, 0.29) is 18.3 Å². The maximum Gasteiger partial charge on any atom is 0.303 e. The molecular formula is C14H18O4. The van der Waals surface area contributed by atoms with Gasteiger partial charge in [-0.25, -0.2) is 0 Å². The molecule has 4 nitrogen and oxygen atoms in total. The second-order valence-electron chi connectivity index (χ2n) is 4.80. The molecule has 1 aliphatic rings. The number of carboxylic acid groups (broad SMARTS) is 1. The summed E-state index contributed by atoms with van der Waals surface area (Å²) in [5.74, 6) is -0.0912. The second-order valence-corrected chi connectivity index (χ2v) is 4.80. The molecular weight excluding hydrogens is 232 g/mol. The third kappa shape index (κ3) is 2.64. The van der Waals surface area contributed by atoms with Crippen molar-refractivity contribution in [1.29, 1.82) is 0 Å². The number of aliphatic carboxylic acids is 1. The first-order chi connectivity index (χ1) is 8.61. The zero-order valence-electron chi connectivity index (χ0n) is 10.4. The van der Waals surface area contributed by atoms with Crippen molar-refractivity contribution in [1.82, 2.24) is 0 Å². The van der Waals surface area contributed by atoms with Crippen molar-refractivity contribution in [2.75, 3.05) is 7.11 Å². The standard InChI is InChI=1S/C14H18O4/c1-18-11-5-2-9(3-6-11)14-10(8-13(16)17)4-7-12(14)15/h2-3,5-6,10,12,14-15H,4,7-8H2,1H3,(H,16,17). The van der Waals surface area contributed by atoms with Gasteiger partial charge in [-0.15, -0.1) is 0 Å². The molecule has 0 saturated heterocycles. The molecule has 0 aliphatic heterocycles. The van der Waals surface area contributed by atoms with E-state index in [1.807, 2.05) is 24.3 Å². The lowest BCUT2D eigenvalue weighted by molar-refractivity contribution is -0.138. The van der Waals surface area contributed by atoms with Gasteiger partial charge in [-0.05, 0) is 36.5 Å². The summed E-state index contributed by atoms with van der Waals surface area (Å²) in [6.07, 6.45) is 1.12. The van der Waals surface area contributed by atoms with E-state index in [0.29, 0.717) is 6.42 Å². The summed E-state index contributed by atoms with van der Waals surface area (Å²) in [5.41, 5.74) is 0.993. The van der Waals surface area contributed by atoms with Gasteiger partial charge >= 0.3 is 5.97 Å². The number of hydrogen-bond donors (Lipinski definition) is 2. The number of aliphatic hydroxyl groups excluding tert-OH is 1. The topological polar surface area (TPSA) is 66.8 Å². The molecule has 2 rings (SSSR count). The molecule has 98 valence electrons. The average Bonchev–Trinajstić information content (AvgIpc) is 2.70. The minimum Gasteiger partial charge on any atom is -0.497 e. The van der Waals surface area contributed by atoms with Crippen LogP contribution in [0.3, 0.4) is 0 Å². The minimum atomic E-state index is -0.799. The lowest BCUT2D eigenvalue weighted by atomic mass is 9.85. The Bertz CT molecular complexity index is 412. The first-order valence-corrected chi connectivity index (χ1v) is 6.15. The maximum absolute atomic E-state index is 10.8. The van der Waals surface area contributed by atoms with E-state index in [9.17, 15) is 9.90 Å². The van der Waals surface area contributed by atoms with E-state index < -0.39 is 12.1 Å². The lowest BCUT2D eigenvalue weighted by Crippen LogP contribution is -2.19. The largest absolute Gasteiger partial charge is 0.497 e. The number of carbonyl (C=O) groups is 1. The van der Waals surface area contributed by atoms with Crippen molar-refractivity contribution in [2.24, 2.45) is 5.92 Å². The van der Waals surface area contributed by atoms with Crippen LogP contribution in [0.5, 0.6) is 5.75 Å². The molecule has 1 aliphatic carbocycles. The first kappa shape index (κ1) is 12.9. The number of aliphatic hydroxyl groups is 1. The lowest BCUT2D eigenvalue weighted by Gasteiger charge is -2.21. The van der Waals surface area contributed by atoms with Crippen LogP contribution in [0.25, 0.3) is 0 Å². The molecule has 1 aromatic rings. The zero-order valence-corrected chi connectivity index (χ0v) is 10.4. The second kappa shape index (κ2) is 5.40. The normalized spacial score (nSPS) is 27.1. The van der Waals surface area contributed by atoms with E-state index in [1.54, 1.807) is 7.11 Å². The van der Waals surface area contributed by atoms with Gasteiger partial charge in [0.15, 0.2) is 0 Å². The summed E-state index contributed by atoms with van der Waals surface area (Å²) < 4.78 is 5.09. The Hall–Kier alpha value is -1.55. The third-order valence-electron chi connectivity index (χ3n) is 3.69. The molecule has 3 unspecified atom stereocenters. The highest BCUT2D eigenvalue weighted by Gasteiger charge is 2.37. The molecule has 1 aromatic carbocycles. The van der Waals surface area contributed by atoms with Crippen LogP contribution in [0, 0.1) is 5.92 Å². The SMILES string of the molecule is COc1ccc(C2C(O)CCC2CC(=O)O)cc1. The molecule has 0 amide bonds. The van der Waals surface area contributed by atoms with Gasteiger partial charge in [0.2, 0.25) is 0 Å². The number of carboxylic acids is 1. The Morgan fingerprint density at radius 1 is 1.33 bits per heavy atom. The Morgan fingerprint density at radius 3 is 2.56 bits per heavy atom. The fourth-order valence-corrected chi connectivity index (χ4v) is 2.83. The van der Waals surface area contributed by atoms with Crippen LogP contribution in [0.2, 0.25) is 0 Å². The fraction of sp³-hybridized carbons (Fsp3) is 0.500. The van der Waals surface area contributed by atoms with Crippen molar-refractivity contribution < 1.29 is 19.7 Å².